The van der Waals surface area contributed by atoms with Gasteiger partial charge in [-0.15, -0.1) is 0 Å². The fourth-order valence-electron chi connectivity index (χ4n) is 9.56. The van der Waals surface area contributed by atoms with E-state index < -0.39 is 0 Å². The Morgan fingerprint density at radius 3 is 1.46 bits per heavy atom. The van der Waals surface area contributed by atoms with E-state index in [0.717, 1.165) is 0 Å². The number of fused-ring (bicyclic) bond motifs is 10. The summed E-state index contributed by atoms with van der Waals surface area (Å²) in [7, 11) is 0. The Kier molecular flexibility index (Phi) is 6.31. The van der Waals surface area contributed by atoms with Gasteiger partial charge in [0, 0.05) is 0 Å². The average Bonchev–Trinajstić information content (AvgIpc) is 3.66. The van der Waals surface area contributed by atoms with Crippen molar-refractivity contribution < 1.29 is 0 Å². The summed E-state index contributed by atoms with van der Waals surface area (Å²) >= 11 is 0. The first-order valence-corrected chi connectivity index (χ1v) is 19.4. The molecule has 0 heteroatoms. The normalized spacial score (nSPS) is 13.0. The highest BCUT2D eigenvalue weighted by Gasteiger charge is 2.21. The quantitative estimate of drug-likeness (QED) is 0.158. The van der Waals surface area contributed by atoms with E-state index >= 15 is 0 Å². The van der Waals surface area contributed by atoms with Gasteiger partial charge in [-0.25, -0.2) is 0 Å². The smallest absolute Gasteiger partial charge is 0.00199 e. The van der Waals surface area contributed by atoms with Crippen molar-refractivity contribution in [3.8, 4) is 22.3 Å². The van der Waals surface area contributed by atoms with Crippen molar-refractivity contribution in [1.82, 2.24) is 0 Å². The predicted octanol–water partition coefficient (Wildman–Crippen LogP) is 15.7. The highest BCUT2D eigenvalue weighted by atomic mass is 14.2. The van der Waals surface area contributed by atoms with Crippen LogP contribution in [0.5, 0.6) is 0 Å². The molecule has 0 aliphatic carbocycles. The van der Waals surface area contributed by atoms with Crippen molar-refractivity contribution in [3.05, 3.63) is 157 Å². The first-order valence-electron chi connectivity index (χ1n) is 19.4. The minimum Gasteiger partial charge on any atom is -0.0610 e. The first-order chi connectivity index (χ1) is 26.0. The molecule has 0 spiro atoms. The van der Waals surface area contributed by atoms with E-state index in [1.807, 2.05) is 0 Å². The third-order valence-corrected chi connectivity index (χ3v) is 12.5. The standard InChI is InChI=1S/C54H42/c1-53(2,3)35-20-16-31(17-21-35)37-25-22-36(54(4,5)6)28-44(37)33-18-23-38-40-14-9-15-41-39-24-19-34-27-47-42-12-7-10-32-11-8-13-43(51(32)42)49(47)29-45(34)48(39)30-50(52(40)41)46(38)26-33/h7-30H,1-6H3. The van der Waals surface area contributed by atoms with Crippen LogP contribution in [0.4, 0.5) is 0 Å². The van der Waals surface area contributed by atoms with Crippen molar-refractivity contribution in [2.24, 2.45) is 0 Å². The van der Waals surface area contributed by atoms with Crippen LogP contribution in [-0.2, 0) is 10.8 Å². The van der Waals surface area contributed by atoms with E-state index in [1.165, 1.54) is 120 Å². The molecule has 0 bridgehead atoms. The highest BCUT2D eigenvalue weighted by molar-refractivity contribution is 6.38. The molecule has 54 heavy (non-hydrogen) atoms. The Balaban J connectivity index is 1.19. The van der Waals surface area contributed by atoms with Crippen molar-refractivity contribution in [3.63, 3.8) is 0 Å². The van der Waals surface area contributed by atoms with Crippen LogP contribution in [0.2, 0.25) is 0 Å². The minimum atomic E-state index is 0.0367. The summed E-state index contributed by atoms with van der Waals surface area (Å²) in [6.07, 6.45) is 0. The molecule has 0 saturated carbocycles. The van der Waals surface area contributed by atoms with E-state index in [9.17, 15) is 0 Å². The third kappa shape index (κ3) is 4.44. The Bertz CT molecular complexity index is 3300. The van der Waals surface area contributed by atoms with Crippen LogP contribution in [-0.4, -0.2) is 0 Å². The molecule has 11 aromatic rings. The van der Waals surface area contributed by atoms with E-state index in [2.05, 4.69) is 187 Å². The molecule has 0 N–H and O–H groups in total. The Labute approximate surface area is 316 Å². The van der Waals surface area contributed by atoms with Crippen molar-refractivity contribution in [2.75, 3.05) is 0 Å². The average molecular weight is 691 g/mol. The zero-order valence-corrected chi connectivity index (χ0v) is 31.9. The maximum Gasteiger partial charge on any atom is -0.00199 e. The number of hydrogen-bond donors (Lipinski definition) is 0. The maximum atomic E-state index is 2.51. The van der Waals surface area contributed by atoms with Gasteiger partial charge in [0.05, 0.1) is 0 Å². The van der Waals surface area contributed by atoms with Crippen LogP contribution in [0.25, 0.3) is 108 Å². The summed E-state index contributed by atoms with van der Waals surface area (Å²) in [5.41, 5.74) is 7.94. The molecule has 11 aromatic carbocycles. The van der Waals surface area contributed by atoms with Gasteiger partial charge in [-0.3, -0.25) is 0 Å². The van der Waals surface area contributed by atoms with Gasteiger partial charge < -0.3 is 0 Å². The summed E-state index contributed by atoms with van der Waals surface area (Å²) in [5.74, 6) is 0. The fourth-order valence-corrected chi connectivity index (χ4v) is 9.56. The van der Waals surface area contributed by atoms with Gasteiger partial charge in [0.1, 0.15) is 0 Å². The molecule has 0 heterocycles. The Morgan fingerprint density at radius 1 is 0.278 bits per heavy atom. The molecule has 0 radical (unpaired) electrons. The summed E-state index contributed by atoms with van der Waals surface area (Å²) in [5, 5.41) is 21.4. The van der Waals surface area contributed by atoms with Gasteiger partial charge in [-0.05, 0) is 155 Å². The monoisotopic (exact) mass is 690 g/mol. The lowest BCUT2D eigenvalue weighted by Crippen LogP contribution is -2.11. The number of benzene rings is 9. The van der Waals surface area contributed by atoms with Crippen LogP contribution in [0, 0.1) is 0 Å². The van der Waals surface area contributed by atoms with E-state index in [1.54, 1.807) is 0 Å². The minimum absolute atomic E-state index is 0.0367. The second-order valence-electron chi connectivity index (χ2n) is 17.7. The van der Waals surface area contributed by atoms with E-state index in [0.29, 0.717) is 0 Å². The molecule has 0 unspecified atom stereocenters. The zero-order valence-electron chi connectivity index (χ0n) is 31.9. The Hall–Kier alpha value is -5.98. The molecule has 0 aliphatic heterocycles. The van der Waals surface area contributed by atoms with Crippen LogP contribution in [0.15, 0.2) is 146 Å². The molecule has 0 nitrogen and oxygen atoms in total. The van der Waals surface area contributed by atoms with Crippen LogP contribution in [0.1, 0.15) is 52.7 Å². The van der Waals surface area contributed by atoms with Gasteiger partial charge in [0.15, 0.2) is 0 Å². The van der Waals surface area contributed by atoms with Gasteiger partial charge in [-0.1, -0.05) is 163 Å². The molecule has 0 fully saturated rings. The molecule has 0 amide bonds. The number of rotatable bonds is 2. The second kappa shape index (κ2) is 10.8. The summed E-state index contributed by atoms with van der Waals surface area (Å²) in [6, 6.07) is 56.1. The summed E-state index contributed by atoms with van der Waals surface area (Å²) < 4.78 is 0. The zero-order chi connectivity index (χ0) is 36.7. The maximum absolute atomic E-state index is 2.51. The van der Waals surface area contributed by atoms with Crippen molar-refractivity contribution in [1.29, 1.82) is 0 Å². The van der Waals surface area contributed by atoms with Gasteiger partial charge >= 0.3 is 0 Å². The molecular formula is C54H42. The van der Waals surface area contributed by atoms with Gasteiger partial charge in [0.2, 0.25) is 0 Å². The fraction of sp³-hybridized carbons (Fsp3) is 0.148. The summed E-state index contributed by atoms with van der Waals surface area (Å²) in [4.78, 5) is 0. The van der Waals surface area contributed by atoms with E-state index in [4.69, 9.17) is 0 Å². The molecule has 11 rings (SSSR count). The molecule has 258 valence electrons. The lowest BCUT2D eigenvalue weighted by Gasteiger charge is -2.23. The third-order valence-electron chi connectivity index (χ3n) is 12.5. The molecular weight excluding hydrogens is 649 g/mol. The molecule has 0 aliphatic rings. The molecule has 0 saturated heterocycles. The topological polar surface area (TPSA) is 0 Å². The lowest BCUT2D eigenvalue weighted by molar-refractivity contribution is 0.590. The van der Waals surface area contributed by atoms with Crippen molar-refractivity contribution in [2.45, 2.75) is 52.4 Å². The van der Waals surface area contributed by atoms with Crippen molar-refractivity contribution >= 4 is 86.2 Å². The highest BCUT2D eigenvalue weighted by Crippen LogP contribution is 2.47. The largest absolute Gasteiger partial charge is 0.0610 e. The SMILES string of the molecule is CC(C)(C)c1ccc(-c2ccc(C(C)(C)C)cc2-c2ccc3c(c2)c2cc4c5cc6c(cc5ccc4c4cccc3c42)c2cccc3cccc6c32)cc1. The summed E-state index contributed by atoms with van der Waals surface area (Å²) in [6.45, 7) is 13.8. The van der Waals surface area contributed by atoms with Crippen LogP contribution in [0.3, 0.4) is 0 Å². The van der Waals surface area contributed by atoms with Crippen LogP contribution < -0.4 is 0 Å². The molecule has 0 aromatic heterocycles. The van der Waals surface area contributed by atoms with Gasteiger partial charge in [-0.2, -0.15) is 0 Å². The first kappa shape index (κ1) is 31.5. The lowest BCUT2D eigenvalue weighted by atomic mass is 9.82. The van der Waals surface area contributed by atoms with Crippen LogP contribution >= 0.6 is 0 Å². The Morgan fingerprint density at radius 2 is 0.796 bits per heavy atom. The second-order valence-corrected chi connectivity index (χ2v) is 17.7. The van der Waals surface area contributed by atoms with E-state index in [-0.39, 0.29) is 10.8 Å². The molecule has 0 atom stereocenters. The predicted molar refractivity (Wildman–Crippen MR) is 237 cm³/mol. The van der Waals surface area contributed by atoms with Gasteiger partial charge in [0.25, 0.3) is 0 Å². The number of hydrogen-bond acceptors (Lipinski definition) is 0.